The number of nitrogen functional groups attached to an aromatic ring is 1. The summed E-state index contributed by atoms with van der Waals surface area (Å²) in [7, 11) is 0. The summed E-state index contributed by atoms with van der Waals surface area (Å²) in [6.45, 7) is 2.81. The van der Waals surface area contributed by atoms with Crippen molar-refractivity contribution >= 4 is 23.5 Å². The molecule has 1 aromatic heterocycles. The molecule has 0 bridgehead atoms. The van der Waals surface area contributed by atoms with Gasteiger partial charge in [-0.1, -0.05) is 18.2 Å². The second-order valence-corrected chi connectivity index (χ2v) is 7.72. The summed E-state index contributed by atoms with van der Waals surface area (Å²) >= 11 is 0. The summed E-state index contributed by atoms with van der Waals surface area (Å²) in [6, 6.07) is 7.07. The van der Waals surface area contributed by atoms with Crippen molar-refractivity contribution in [3.05, 3.63) is 59.6 Å². The summed E-state index contributed by atoms with van der Waals surface area (Å²) in [5.41, 5.74) is 11.8. The Kier molecular flexibility index (Phi) is 6.04. The number of nitrogens with one attached hydrogen (secondary N) is 2. The van der Waals surface area contributed by atoms with Gasteiger partial charge in [0.25, 0.3) is 11.8 Å². The zero-order valence-corrected chi connectivity index (χ0v) is 17.5. The Morgan fingerprint density at radius 2 is 1.94 bits per heavy atom. The maximum atomic E-state index is 12.6. The van der Waals surface area contributed by atoms with Gasteiger partial charge in [0.15, 0.2) is 12.2 Å². The number of hydrogen-bond donors (Lipinski definition) is 5. The van der Waals surface area contributed by atoms with E-state index in [9.17, 15) is 19.8 Å². The number of anilines is 2. The van der Waals surface area contributed by atoms with Gasteiger partial charge in [0.2, 0.25) is 5.95 Å². The summed E-state index contributed by atoms with van der Waals surface area (Å²) in [5.74, 6) is -1.52. The van der Waals surface area contributed by atoms with E-state index in [1.54, 1.807) is 6.92 Å². The number of carbonyl (C=O) groups excluding carboxylic acids is 2. The monoisotopic (exact) mass is 439 g/mol. The van der Waals surface area contributed by atoms with E-state index >= 15 is 0 Å². The molecular formula is C21H25N7O4. The lowest BCUT2D eigenvalue weighted by atomic mass is 10.1. The quantitative estimate of drug-likeness (QED) is 0.394. The van der Waals surface area contributed by atoms with Crippen molar-refractivity contribution in [1.29, 1.82) is 0 Å². The lowest BCUT2D eigenvalue weighted by molar-refractivity contribution is -0.153. The van der Waals surface area contributed by atoms with Gasteiger partial charge in [0.1, 0.15) is 0 Å². The number of aliphatic hydroxyl groups is 2. The molecule has 2 aromatic rings. The van der Waals surface area contributed by atoms with Gasteiger partial charge in [-0.3, -0.25) is 14.6 Å². The number of aromatic nitrogens is 2. The Balaban J connectivity index is 1.33. The van der Waals surface area contributed by atoms with Crippen LogP contribution >= 0.6 is 0 Å². The second-order valence-electron chi connectivity index (χ2n) is 7.72. The van der Waals surface area contributed by atoms with Crippen LogP contribution in [0.2, 0.25) is 0 Å². The molecule has 11 heteroatoms. The molecule has 0 radical (unpaired) electrons. The molecule has 0 spiro atoms. The molecule has 2 aliphatic rings. The molecule has 6 N–H and O–H groups in total. The number of nitrogens with two attached hydrogens (primary N) is 1. The molecule has 2 amide bonds. The van der Waals surface area contributed by atoms with Gasteiger partial charge < -0.3 is 26.2 Å². The Morgan fingerprint density at radius 1 is 1.19 bits per heavy atom. The highest BCUT2D eigenvalue weighted by Crippen LogP contribution is 2.23. The standard InChI is InChI=1S/C21H25N7O4/c1-12(13-3-5-15(6-4-13)28-8-2-7-24-28)25-19(31)17(29)18(30)20(32)27-10-14-9-23-21(22)26-16(14)11-27/h2-6,8-9,12,17-18,24,29-30H,7,10-11H2,1H3,(H,25,31)(H2,22,23,26)/t12-,17-,18-/m1/s1. The van der Waals surface area contributed by atoms with E-state index in [1.807, 2.05) is 41.6 Å². The number of amides is 2. The second kappa shape index (κ2) is 8.91. The molecule has 3 heterocycles. The third-order valence-electron chi connectivity index (χ3n) is 5.47. The van der Waals surface area contributed by atoms with Gasteiger partial charge in [-0.15, -0.1) is 0 Å². The lowest BCUT2D eigenvalue weighted by Crippen LogP contribution is -2.50. The topological polar surface area (TPSA) is 157 Å². The van der Waals surface area contributed by atoms with Crippen LogP contribution in [0.15, 0.2) is 42.7 Å². The molecule has 4 rings (SSSR count). The van der Waals surface area contributed by atoms with Crippen LogP contribution in [0.25, 0.3) is 0 Å². The Hall–Kier alpha value is -3.54. The average Bonchev–Trinajstić information content (AvgIpc) is 3.47. The smallest absolute Gasteiger partial charge is 0.255 e. The average molecular weight is 439 g/mol. The SMILES string of the molecule is C[C@@H](NC(=O)[C@H](O)[C@@H](O)C(=O)N1Cc2cnc(N)nc2C1)c1ccc(N2C=CCN2)cc1. The van der Waals surface area contributed by atoms with Crippen LogP contribution in [-0.2, 0) is 22.7 Å². The molecule has 168 valence electrons. The minimum Gasteiger partial charge on any atom is -0.380 e. The Morgan fingerprint density at radius 3 is 2.62 bits per heavy atom. The first-order valence-electron chi connectivity index (χ1n) is 10.2. The third kappa shape index (κ3) is 4.40. The van der Waals surface area contributed by atoms with Crippen LogP contribution < -0.4 is 21.5 Å². The van der Waals surface area contributed by atoms with Gasteiger partial charge in [0, 0.05) is 31.0 Å². The molecule has 2 aliphatic heterocycles. The molecule has 32 heavy (non-hydrogen) atoms. The maximum Gasteiger partial charge on any atom is 0.255 e. The van der Waals surface area contributed by atoms with Gasteiger partial charge in [-0.2, -0.15) is 0 Å². The van der Waals surface area contributed by atoms with Crippen molar-refractivity contribution in [3.8, 4) is 0 Å². The lowest BCUT2D eigenvalue weighted by Gasteiger charge is -2.24. The Bertz CT molecular complexity index is 1040. The summed E-state index contributed by atoms with van der Waals surface area (Å²) < 4.78 is 0. The zero-order valence-electron chi connectivity index (χ0n) is 17.5. The summed E-state index contributed by atoms with van der Waals surface area (Å²) in [6.07, 6.45) is 1.62. The van der Waals surface area contributed by atoms with E-state index in [0.29, 0.717) is 11.3 Å². The minimum atomic E-state index is -1.91. The fourth-order valence-electron chi connectivity index (χ4n) is 3.64. The minimum absolute atomic E-state index is 0.0909. The Labute approximate surface area is 184 Å². The van der Waals surface area contributed by atoms with Crippen LogP contribution in [0.5, 0.6) is 0 Å². The van der Waals surface area contributed by atoms with Crippen molar-refractivity contribution in [1.82, 2.24) is 25.6 Å². The molecular weight excluding hydrogens is 414 g/mol. The number of rotatable bonds is 6. The first-order chi connectivity index (χ1) is 15.3. The number of nitrogens with zero attached hydrogens (tertiary/aromatic N) is 4. The number of aliphatic hydroxyl groups excluding tert-OH is 2. The van der Waals surface area contributed by atoms with E-state index in [-0.39, 0.29) is 19.0 Å². The highest BCUT2D eigenvalue weighted by molar-refractivity contribution is 5.91. The van der Waals surface area contributed by atoms with Crippen LogP contribution in [0.3, 0.4) is 0 Å². The molecule has 11 nitrogen and oxygen atoms in total. The zero-order chi connectivity index (χ0) is 22.8. The van der Waals surface area contributed by atoms with Crippen molar-refractivity contribution in [2.24, 2.45) is 0 Å². The van der Waals surface area contributed by atoms with E-state index in [4.69, 9.17) is 5.73 Å². The number of carbonyl (C=O) groups is 2. The number of hydrogen-bond acceptors (Lipinski definition) is 9. The molecule has 0 aliphatic carbocycles. The first kappa shape index (κ1) is 21.7. The van der Waals surface area contributed by atoms with Crippen molar-refractivity contribution in [2.75, 3.05) is 17.3 Å². The molecule has 0 fully saturated rings. The van der Waals surface area contributed by atoms with Gasteiger partial charge in [-0.05, 0) is 24.6 Å². The van der Waals surface area contributed by atoms with Crippen LogP contribution in [0, 0.1) is 0 Å². The number of hydrazine groups is 1. The first-order valence-corrected chi connectivity index (χ1v) is 10.2. The number of fused-ring (bicyclic) bond motifs is 1. The van der Waals surface area contributed by atoms with E-state index in [2.05, 4.69) is 20.7 Å². The molecule has 0 unspecified atom stereocenters. The maximum absolute atomic E-state index is 12.6. The van der Waals surface area contributed by atoms with Crippen molar-refractivity contribution < 1.29 is 19.8 Å². The van der Waals surface area contributed by atoms with Crippen LogP contribution in [-0.4, -0.2) is 55.6 Å². The molecule has 0 saturated heterocycles. The van der Waals surface area contributed by atoms with Gasteiger partial charge >= 0.3 is 0 Å². The number of benzene rings is 1. The molecule has 1 aromatic carbocycles. The van der Waals surface area contributed by atoms with E-state index < -0.39 is 30.1 Å². The summed E-state index contributed by atoms with van der Waals surface area (Å²) in [5, 5.41) is 25.1. The fourth-order valence-corrected chi connectivity index (χ4v) is 3.64. The third-order valence-corrected chi connectivity index (χ3v) is 5.47. The van der Waals surface area contributed by atoms with E-state index in [0.717, 1.165) is 17.8 Å². The molecule has 3 atom stereocenters. The largest absolute Gasteiger partial charge is 0.380 e. The van der Waals surface area contributed by atoms with Gasteiger partial charge in [-0.25, -0.2) is 15.4 Å². The summed E-state index contributed by atoms with van der Waals surface area (Å²) in [4.78, 5) is 34.3. The van der Waals surface area contributed by atoms with Crippen molar-refractivity contribution in [2.45, 2.75) is 38.3 Å². The van der Waals surface area contributed by atoms with Crippen LogP contribution in [0.4, 0.5) is 11.6 Å². The predicted octanol–water partition coefficient (Wildman–Crippen LogP) is -0.661. The van der Waals surface area contributed by atoms with Gasteiger partial charge in [0.05, 0.1) is 24.0 Å². The van der Waals surface area contributed by atoms with Crippen LogP contribution in [0.1, 0.15) is 29.8 Å². The van der Waals surface area contributed by atoms with Crippen molar-refractivity contribution in [3.63, 3.8) is 0 Å². The highest BCUT2D eigenvalue weighted by atomic mass is 16.3. The van der Waals surface area contributed by atoms with E-state index in [1.165, 1.54) is 11.1 Å². The predicted molar refractivity (Wildman–Crippen MR) is 115 cm³/mol. The fraction of sp³-hybridized carbons (Fsp3) is 0.333. The molecule has 0 saturated carbocycles. The highest BCUT2D eigenvalue weighted by Gasteiger charge is 2.36. The normalized spacial score (nSPS) is 17.7.